The molecule has 19 heavy (non-hydrogen) atoms. The van der Waals surface area contributed by atoms with E-state index in [-0.39, 0.29) is 6.42 Å². The molecule has 0 amide bonds. The standard InChI is InChI=1S/C14H21NO4/c1-2-18-12-6-3-4-7-13(12)19-11-10-15-9-5-8-14(16)17/h3-4,6-7,15H,2,5,8-11H2,1H3,(H,16,17). The Labute approximate surface area is 113 Å². The average Bonchev–Trinajstić information content (AvgIpc) is 2.39. The molecule has 106 valence electrons. The number of aliphatic carboxylic acids is 1. The summed E-state index contributed by atoms with van der Waals surface area (Å²) < 4.78 is 11.1. The Morgan fingerprint density at radius 3 is 2.53 bits per heavy atom. The zero-order chi connectivity index (χ0) is 13.9. The molecule has 0 saturated heterocycles. The lowest BCUT2D eigenvalue weighted by atomic mass is 10.3. The number of carbonyl (C=O) groups is 1. The van der Waals surface area contributed by atoms with Gasteiger partial charge in [-0.1, -0.05) is 12.1 Å². The largest absolute Gasteiger partial charge is 0.490 e. The minimum atomic E-state index is -0.760. The maximum Gasteiger partial charge on any atom is 0.303 e. The molecular formula is C14H21NO4. The number of hydrogen-bond acceptors (Lipinski definition) is 4. The van der Waals surface area contributed by atoms with Gasteiger partial charge in [0, 0.05) is 13.0 Å². The number of hydrogen-bond donors (Lipinski definition) is 2. The Hall–Kier alpha value is -1.75. The molecule has 5 nitrogen and oxygen atoms in total. The zero-order valence-electron chi connectivity index (χ0n) is 11.2. The summed E-state index contributed by atoms with van der Waals surface area (Å²) in [6.45, 7) is 4.43. The van der Waals surface area contributed by atoms with Gasteiger partial charge >= 0.3 is 5.97 Å². The van der Waals surface area contributed by atoms with Crippen LogP contribution in [0.1, 0.15) is 19.8 Å². The number of carboxylic acids is 1. The van der Waals surface area contributed by atoms with E-state index in [9.17, 15) is 4.79 Å². The van der Waals surface area contributed by atoms with Crippen LogP contribution in [0.4, 0.5) is 0 Å². The van der Waals surface area contributed by atoms with E-state index in [1.807, 2.05) is 31.2 Å². The monoisotopic (exact) mass is 267 g/mol. The van der Waals surface area contributed by atoms with Crippen LogP contribution in [0.15, 0.2) is 24.3 Å². The molecule has 0 unspecified atom stereocenters. The van der Waals surface area contributed by atoms with Crippen LogP contribution >= 0.6 is 0 Å². The number of para-hydroxylation sites is 2. The van der Waals surface area contributed by atoms with Gasteiger partial charge in [-0.05, 0) is 32.0 Å². The van der Waals surface area contributed by atoms with Crippen molar-refractivity contribution in [2.45, 2.75) is 19.8 Å². The molecule has 0 bridgehead atoms. The summed E-state index contributed by atoms with van der Waals surface area (Å²) >= 11 is 0. The Balaban J connectivity index is 2.17. The van der Waals surface area contributed by atoms with Crippen molar-refractivity contribution < 1.29 is 19.4 Å². The maximum atomic E-state index is 10.3. The summed E-state index contributed by atoms with van der Waals surface area (Å²) in [6, 6.07) is 7.55. The highest BCUT2D eigenvalue weighted by atomic mass is 16.5. The topological polar surface area (TPSA) is 67.8 Å². The summed E-state index contributed by atoms with van der Waals surface area (Å²) in [6.07, 6.45) is 0.825. The van der Waals surface area contributed by atoms with Gasteiger partial charge in [0.15, 0.2) is 11.5 Å². The average molecular weight is 267 g/mol. The first-order chi connectivity index (χ1) is 9.24. The van der Waals surface area contributed by atoms with Crippen LogP contribution in [0.25, 0.3) is 0 Å². The second kappa shape index (κ2) is 9.22. The summed E-state index contributed by atoms with van der Waals surface area (Å²) in [5, 5.41) is 11.6. The first-order valence-corrected chi connectivity index (χ1v) is 6.51. The number of ether oxygens (including phenoxy) is 2. The molecule has 0 saturated carbocycles. The van der Waals surface area contributed by atoms with Crippen molar-refractivity contribution in [1.82, 2.24) is 5.32 Å². The van der Waals surface area contributed by atoms with E-state index in [1.165, 1.54) is 0 Å². The normalized spacial score (nSPS) is 10.2. The predicted molar refractivity (Wildman–Crippen MR) is 72.8 cm³/mol. The summed E-state index contributed by atoms with van der Waals surface area (Å²) in [5.41, 5.74) is 0. The van der Waals surface area contributed by atoms with E-state index in [0.717, 1.165) is 11.5 Å². The molecule has 0 aliphatic carbocycles. The molecule has 0 spiro atoms. The van der Waals surface area contributed by atoms with Crippen LogP contribution in [0.5, 0.6) is 11.5 Å². The lowest BCUT2D eigenvalue weighted by Gasteiger charge is -2.11. The van der Waals surface area contributed by atoms with E-state index in [4.69, 9.17) is 14.6 Å². The van der Waals surface area contributed by atoms with Crippen molar-refractivity contribution in [3.8, 4) is 11.5 Å². The van der Waals surface area contributed by atoms with E-state index >= 15 is 0 Å². The molecule has 0 fully saturated rings. The fraction of sp³-hybridized carbons (Fsp3) is 0.500. The molecule has 0 aliphatic heterocycles. The first kappa shape index (κ1) is 15.3. The molecule has 1 aromatic carbocycles. The zero-order valence-corrected chi connectivity index (χ0v) is 11.2. The van der Waals surface area contributed by atoms with Crippen LogP contribution in [-0.4, -0.2) is 37.4 Å². The number of nitrogens with one attached hydrogen (secondary N) is 1. The SMILES string of the molecule is CCOc1ccccc1OCCNCCCC(=O)O. The number of carboxylic acid groups (broad SMARTS) is 1. The van der Waals surface area contributed by atoms with Crippen LogP contribution in [0, 0.1) is 0 Å². The van der Waals surface area contributed by atoms with Gasteiger partial charge in [-0.3, -0.25) is 4.79 Å². The van der Waals surface area contributed by atoms with Crippen molar-refractivity contribution in [3.05, 3.63) is 24.3 Å². The van der Waals surface area contributed by atoms with Crippen molar-refractivity contribution >= 4 is 5.97 Å². The van der Waals surface area contributed by atoms with Crippen molar-refractivity contribution in [1.29, 1.82) is 0 Å². The lowest BCUT2D eigenvalue weighted by Crippen LogP contribution is -2.22. The van der Waals surface area contributed by atoms with Crippen LogP contribution < -0.4 is 14.8 Å². The minimum Gasteiger partial charge on any atom is -0.490 e. The Kier molecular flexibility index (Phi) is 7.43. The molecule has 1 rings (SSSR count). The van der Waals surface area contributed by atoms with Crippen LogP contribution in [-0.2, 0) is 4.79 Å². The van der Waals surface area contributed by atoms with Crippen molar-refractivity contribution in [3.63, 3.8) is 0 Å². The third-order valence-electron chi connectivity index (χ3n) is 2.43. The molecule has 0 radical (unpaired) electrons. The van der Waals surface area contributed by atoms with Gasteiger partial charge in [0.1, 0.15) is 6.61 Å². The summed E-state index contributed by atoms with van der Waals surface area (Å²) in [5.74, 6) is 0.719. The minimum absolute atomic E-state index is 0.195. The highest BCUT2D eigenvalue weighted by molar-refractivity contribution is 5.66. The second-order valence-corrected chi connectivity index (χ2v) is 3.98. The third-order valence-corrected chi connectivity index (χ3v) is 2.43. The maximum absolute atomic E-state index is 10.3. The Morgan fingerprint density at radius 2 is 1.89 bits per heavy atom. The van der Waals surface area contributed by atoms with E-state index in [0.29, 0.717) is 32.7 Å². The molecule has 0 atom stereocenters. The molecule has 0 heterocycles. The van der Waals surface area contributed by atoms with Gasteiger partial charge in [0.25, 0.3) is 0 Å². The van der Waals surface area contributed by atoms with E-state index < -0.39 is 5.97 Å². The smallest absolute Gasteiger partial charge is 0.303 e. The van der Waals surface area contributed by atoms with Gasteiger partial charge in [-0.2, -0.15) is 0 Å². The molecule has 5 heteroatoms. The lowest BCUT2D eigenvalue weighted by molar-refractivity contribution is -0.137. The fourth-order valence-corrected chi connectivity index (χ4v) is 1.57. The summed E-state index contributed by atoms with van der Waals surface area (Å²) in [4.78, 5) is 10.3. The van der Waals surface area contributed by atoms with Gasteiger partial charge in [0.05, 0.1) is 6.61 Å². The van der Waals surface area contributed by atoms with Gasteiger partial charge in [-0.15, -0.1) is 0 Å². The molecule has 2 N–H and O–H groups in total. The highest BCUT2D eigenvalue weighted by Crippen LogP contribution is 2.25. The number of rotatable bonds is 10. The van der Waals surface area contributed by atoms with Crippen LogP contribution in [0.3, 0.4) is 0 Å². The predicted octanol–water partition coefficient (Wildman–Crippen LogP) is 1.92. The van der Waals surface area contributed by atoms with Gasteiger partial charge in [0.2, 0.25) is 0 Å². The third kappa shape index (κ3) is 6.67. The Bertz CT molecular complexity index is 381. The highest BCUT2D eigenvalue weighted by Gasteiger charge is 2.02. The summed E-state index contributed by atoms with van der Waals surface area (Å²) in [7, 11) is 0. The van der Waals surface area contributed by atoms with Crippen molar-refractivity contribution in [2.75, 3.05) is 26.3 Å². The fourth-order valence-electron chi connectivity index (χ4n) is 1.57. The number of benzene rings is 1. The second-order valence-electron chi connectivity index (χ2n) is 3.98. The Morgan fingerprint density at radius 1 is 1.21 bits per heavy atom. The first-order valence-electron chi connectivity index (χ1n) is 6.51. The molecular weight excluding hydrogens is 246 g/mol. The van der Waals surface area contributed by atoms with Crippen LogP contribution in [0.2, 0.25) is 0 Å². The van der Waals surface area contributed by atoms with Crippen molar-refractivity contribution in [2.24, 2.45) is 0 Å². The molecule has 0 aliphatic rings. The van der Waals surface area contributed by atoms with E-state index in [2.05, 4.69) is 5.32 Å². The molecule has 0 aromatic heterocycles. The quantitative estimate of drug-likeness (QED) is 0.634. The molecule has 1 aromatic rings. The van der Waals surface area contributed by atoms with E-state index in [1.54, 1.807) is 0 Å². The van der Waals surface area contributed by atoms with Gasteiger partial charge in [-0.25, -0.2) is 0 Å². The van der Waals surface area contributed by atoms with Gasteiger partial charge < -0.3 is 19.9 Å².